The Morgan fingerprint density at radius 3 is 2.71 bits per heavy atom. The van der Waals surface area contributed by atoms with Crippen molar-refractivity contribution in [1.29, 1.82) is 0 Å². The molecule has 3 heteroatoms. The van der Waals surface area contributed by atoms with Gasteiger partial charge < -0.3 is 5.32 Å². The molecule has 14 heavy (non-hydrogen) atoms. The van der Waals surface area contributed by atoms with Crippen LogP contribution >= 0.6 is 0 Å². The van der Waals surface area contributed by atoms with Gasteiger partial charge >= 0.3 is 0 Å². The fraction of sp³-hybridized carbons (Fsp3) is 0.455. The van der Waals surface area contributed by atoms with E-state index in [1.807, 2.05) is 12.1 Å². The number of fused-ring (bicyclic) bond motifs is 1. The summed E-state index contributed by atoms with van der Waals surface area (Å²) in [6.45, 7) is 5.30. The first-order valence-corrected chi connectivity index (χ1v) is 5.00. The molecule has 0 fully saturated rings. The van der Waals surface area contributed by atoms with E-state index >= 15 is 0 Å². The lowest BCUT2D eigenvalue weighted by Crippen LogP contribution is -2.27. The van der Waals surface area contributed by atoms with Gasteiger partial charge in [-0.2, -0.15) is 0 Å². The zero-order valence-electron chi connectivity index (χ0n) is 8.54. The van der Waals surface area contributed by atoms with Gasteiger partial charge in [-0.05, 0) is 37.6 Å². The summed E-state index contributed by atoms with van der Waals surface area (Å²) in [5, 5.41) is 3.37. The van der Waals surface area contributed by atoms with Gasteiger partial charge in [0.25, 0.3) is 0 Å². The van der Waals surface area contributed by atoms with Gasteiger partial charge in [0.15, 0.2) is 0 Å². The summed E-state index contributed by atoms with van der Waals surface area (Å²) in [6.07, 6.45) is 1.02. The summed E-state index contributed by atoms with van der Waals surface area (Å²) >= 11 is 0. The first-order chi connectivity index (χ1) is 6.79. The molecule has 1 N–H and O–H groups in total. The predicted molar refractivity (Wildman–Crippen MR) is 57.4 cm³/mol. The molecule has 1 atom stereocenters. The third-order valence-electron chi connectivity index (χ3n) is 2.32. The molecule has 0 saturated heterocycles. The van der Waals surface area contributed by atoms with Gasteiger partial charge in [0, 0.05) is 7.47 Å². The topological polar surface area (TPSA) is 38.3 Å². The third-order valence-corrected chi connectivity index (χ3v) is 2.32. The summed E-state index contributed by atoms with van der Waals surface area (Å²) in [5.74, 6) is 0. The number of hydrogen-bond donors (Lipinski definition) is 1. The summed E-state index contributed by atoms with van der Waals surface area (Å²) in [6, 6.07) is 6.56. The van der Waals surface area contributed by atoms with E-state index < -0.39 is 0 Å². The molecule has 2 aromatic rings. The van der Waals surface area contributed by atoms with Gasteiger partial charge in [0.2, 0.25) is 11.2 Å². The number of likely N-dealkylation sites (N-methyl/N-ethyl adjacent to an activating group) is 1. The Labute approximate surface area is 84.5 Å². The van der Waals surface area contributed by atoms with Crippen LogP contribution in [0.2, 0.25) is 0 Å². The van der Waals surface area contributed by atoms with Crippen LogP contribution in [0.3, 0.4) is 0 Å². The maximum atomic E-state index is 4.84. The predicted octanol–water partition coefficient (Wildman–Crippen LogP) is 2.81. The van der Waals surface area contributed by atoms with Crippen LogP contribution in [-0.2, 0) is 6.42 Å². The molecular formula is C11H17NO2. The van der Waals surface area contributed by atoms with Gasteiger partial charge in [-0.3, -0.25) is 9.15 Å². The van der Waals surface area contributed by atoms with Crippen LogP contribution in [0.4, 0.5) is 0 Å². The van der Waals surface area contributed by atoms with Crippen LogP contribution in [0.25, 0.3) is 11.2 Å². The molecule has 2 rings (SSSR count). The Kier molecular flexibility index (Phi) is 2.59. The zero-order valence-corrected chi connectivity index (χ0v) is 8.54. The first-order valence-electron chi connectivity index (χ1n) is 5.00. The van der Waals surface area contributed by atoms with Crippen molar-refractivity contribution < 1.29 is 10.6 Å². The Balaban J connectivity index is 0.00000112. The van der Waals surface area contributed by atoms with E-state index in [1.54, 1.807) is 0 Å². The van der Waals surface area contributed by atoms with E-state index in [0.29, 0.717) is 6.04 Å². The zero-order chi connectivity index (χ0) is 9.97. The van der Waals surface area contributed by atoms with Gasteiger partial charge in [-0.25, -0.2) is 0 Å². The van der Waals surface area contributed by atoms with Gasteiger partial charge in [-0.15, -0.1) is 0 Å². The van der Waals surface area contributed by atoms with E-state index in [2.05, 4.69) is 25.2 Å². The largest absolute Gasteiger partial charge is 0.314 e. The molecule has 1 heterocycles. The van der Waals surface area contributed by atoms with Crippen molar-refractivity contribution in [3.8, 4) is 0 Å². The Morgan fingerprint density at radius 1 is 1.36 bits per heavy atom. The minimum atomic E-state index is 0. The van der Waals surface area contributed by atoms with E-state index in [-0.39, 0.29) is 1.43 Å². The molecule has 0 aliphatic carbocycles. The summed E-state index contributed by atoms with van der Waals surface area (Å²) < 4.78 is 9.61. The molecule has 0 bridgehead atoms. The van der Waals surface area contributed by atoms with Crippen molar-refractivity contribution in [2.24, 2.45) is 0 Å². The van der Waals surface area contributed by atoms with Crippen molar-refractivity contribution in [2.75, 3.05) is 6.54 Å². The molecule has 78 valence electrons. The molecule has 1 aromatic heterocycles. The minimum absolute atomic E-state index is 0. The van der Waals surface area contributed by atoms with E-state index in [0.717, 1.165) is 24.1 Å². The van der Waals surface area contributed by atoms with Gasteiger partial charge in [0.05, 0.1) is 0 Å². The quantitative estimate of drug-likeness (QED) is 0.762. The lowest BCUT2D eigenvalue weighted by atomic mass is 10.1. The molecule has 1 aromatic carbocycles. The van der Waals surface area contributed by atoms with Gasteiger partial charge in [-0.1, -0.05) is 13.0 Å². The van der Waals surface area contributed by atoms with Crippen LogP contribution in [-0.4, -0.2) is 12.6 Å². The van der Waals surface area contributed by atoms with Crippen LogP contribution in [0.5, 0.6) is 0 Å². The maximum absolute atomic E-state index is 4.84. The van der Waals surface area contributed by atoms with Crippen molar-refractivity contribution in [2.45, 2.75) is 26.3 Å². The standard InChI is InChI=1S/C11H15NO2.H2/c1-3-12-8(2)6-9-4-5-10-11(7-9)14-13-10;/h4-5,7-8,12H,3,6H2,1-2H3;1H/t8-;/m1./s1. The molecule has 0 spiro atoms. The molecule has 0 amide bonds. The van der Waals surface area contributed by atoms with Crippen LogP contribution in [0, 0.1) is 0 Å². The van der Waals surface area contributed by atoms with Crippen molar-refractivity contribution in [1.82, 2.24) is 5.32 Å². The second-order valence-corrected chi connectivity index (χ2v) is 3.61. The average molecular weight is 195 g/mol. The first kappa shape index (κ1) is 9.34. The molecule has 0 unspecified atom stereocenters. The Morgan fingerprint density at radius 2 is 2.14 bits per heavy atom. The maximum Gasteiger partial charge on any atom is 0.225 e. The second kappa shape index (κ2) is 3.88. The van der Waals surface area contributed by atoms with Crippen molar-refractivity contribution in [3.05, 3.63) is 23.8 Å². The monoisotopic (exact) mass is 195 g/mol. The highest BCUT2D eigenvalue weighted by Gasteiger charge is 2.07. The van der Waals surface area contributed by atoms with Crippen molar-refractivity contribution >= 4 is 11.2 Å². The van der Waals surface area contributed by atoms with Crippen LogP contribution < -0.4 is 5.32 Å². The fourth-order valence-corrected chi connectivity index (χ4v) is 1.64. The summed E-state index contributed by atoms with van der Waals surface area (Å²) in [7, 11) is 0. The second-order valence-electron chi connectivity index (χ2n) is 3.61. The number of nitrogens with one attached hydrogen (secondary N) is 1. The van der Waals surface area contributed by atoms with E-state index in [4.69, 9.17) is 9.15 Å². The lowest BCUT2D eigenvalue weighted by Gasteiger charge is -2.12. The molecule has 0 aliphatic rings. The smallest absolute Gasteiger partial charge is 0.225 e. The fourth-order valence-electron chi connectivity index (χ4n) is 1.64. The SMILES string of the molecule is CCN[C@H](C)Cc1ccc2ooc2c1.[HH]. The molecule has 0 aliphatic heterocycles. The third kappa shape index (κ3) is 1.82. The molecular weight excluding hydrogens is 178 g/mol. The molecule has 0 saturated carbocycles. The van der Waals surface area contributed by atoms with E-state index in [1.165, 1.54) is 5.56 Å². The minimum Gasteiger partial charge on any atom is -0.314 e. The molecule has 3 nitrogen and oxygen atoms in total. The number of benzene rings is 1. The van der Waals surface area contributed by atoms with Crippen molar-refractivity contribution in [3.63, 3.8) is 0 Å². The summed E-state index contributed by atoms with van der Waals surface area (Å²) in [5.41, 5.74) is 2.97. The Bertz CT molecular complexity index is 407. The number of rotatable bonds is 4. The Hall–Kier alpha value is -1.22. The average Bonchev–Trinajstić information content (AvgIpc) is 2.10. The summed E-state index contributed by atoms with van der Waals surface area (Å²) in [4.78, 5) is 0. The highest BCUT2D eigenvalue weighted by atomic mass is 17.0. The van der Waals surface area contributed by atoms with Gasteiger partial charge in [0.1, 0.15) is 0 Å². The van der Waals surface area contributed by atoms with E-state index in [9.17, 15) is 0 Å². The molecule has 0 radical (unpaired) electrons. The highest BCUT2D eigenvalue weighted by Crippen LogP contribution is 2.20. The highest BCUT2D eigenvalue weighted by molar-refractivity contribution is 5.71. The number of hydrogen-bond acceptors (Lipinski definition) is 3. The van der Waals surface area contributed by atoms with Crippen LogP contribution in [0.15, 0.2) is 27.4 Å². The van der Waals surface area contributed by atoms with Crippen LogP contribution in [0.1, 0.15) is 20.8 Å². The lowest BCUT2D eigenvalue weighted by molar-refractivity contribution is 0.0588. The normalized spacial score (nSPS) is 13.6.